The second-order valence-corrected chi connectivity index (χ2v) is 13.6. The maximum absolute atomic E-state index is 6.63. The molecule has 0 saturated carbocycles. The summed E-state index contributed by atoms with van der Waals surface area (Å²) in [6, 6.07) is 65.7. The van der Waals surface area contributed by atoms with E-state index >= 15 is 0 Å². The molecule has 3 heterocycles. The largest absolute Gasteiger partial charge is 0.456 e. The molecule has 54 heavy (non-hydrogen) atoms. The first kappa shape index (κ1) is 30.3. The second-order valence-electron chi connectivity index (χ2n) is 13.6. The Morgan fingerprint density at radius 1 is 0.444 bits per heavy atom. The van der Waals surface area contributed by atoms with Crippen molar-refractivity contribution in [2.45, 2.75) is 0 Å². The van der Waals surface area contributed by atoms with Crippen LogP contribution >= 0.6 is 0 Å². The minimum atomic E-state index is 0.594. The molecule has 0 N–H and O–H groups in total. The fourth-order valence-electron chi connectivity index (χ4n) is 8.00. The number of hydrogen-bond acceptors (Lipinski definition) is 4. The van der Waals surface area contributed by atoms with Crippen LogP contribution in [0.3, 0.4) is 0 Å². The number of oxazole rings is 1. The van der Waals surface area contributed by atoms with Crippen molar-refractivity contribution in [3.8, 4) is 28.3 Å². The Morgan fingerprint density at radius 2 is 1.13 bits per heavy atom. The van der Waals surface area contributed by atoms with Crippen LogP contribution in [0.1, 0.15) is 0 Å². The van der Waals surface area contributed by atoms with E-state index in [1.165, 1.54) is 10.8 Å². The van der Waals surface area contributed by atoms with Crippen molar-refractivity contribution < 1.29 is 8.83 Å². The fourth-order valence-corrected chi connectivity index (χ4v) is 8.00. The third-order valence-corrected chi connectivity index (χ3v) is 10.4. The minimum Gasteiger partial charge on any atom is -0.456 e. The van der Waals surface area contributed by atoms with E-state index < -0.39 is 0 Å². The molecule has 3 aromatic heterocycles. The summed E-state index contributed by atoms with van der Waals surface area (Å²) >= 11 is 0. The third-order valence-electron chi connectivity index (χ3n) is 10.4. The number of fused-ring (bicyclic) bond motifs is 8. The lowest BCUT2D eigenvalue weighted by molar-refractivity contribution is 0.622. The van der Waals surface area contributed by atoms with Gasteiger partial charge in [-0.15, -0.1) is 0 Å². The van der Waals surface area contributed by atoms with E-state index in [9.17, 15) is 0 Å². The maximum atomic E-state index is 6.63. The van der Waals surface area contributed by atoms with Crippen LogP contribution in [0.4, 0.5) is 17.1 Å². The van der Waals surface area contributed by atoms with Gasteiger partial charge >= 0.3 is 0 Å². The lowest BCUT2D eigenvalue weighted by Gasteiger charge is -2.27. The minimum absolute atomic E-state index is 0.594. The molecule has 0 bridgehead atoms. The molecule has 0 unspecified atom stereocenters. The van der Waals surface area contributed by atoms with Gasteiger partial charge in [0.25, 0.3) is 0 Å². The molecule has 11 rings (SSSR count). The number of nitrogens with zero attached hydrogens (tertiary/aromatic N) is 3. The van der Waals surface area contributed by atoms with Crippen LogP contribution in [0, 0.1) is 0 Å². The number of hydrogen-bond donors (Lipinski definition) is 0. The van der Waals surface area contributed by atoms with Gasteiger partial charge in [-0.05, 0) is 90.0 Å². The molecule has 0 spiro atoms. The highest BCUT2D eigenvalue weighted by Gasteiger charge is 2.23. The zero-order valence-corrected chi connectivity index (χ0v) is 29.1. The highest BCUT2D eigenvalue weighted by molar-refractivity contribution is 6.18. The second kappa shape index (κ2) is 12.1. The lowest BCUT2D eigenvalue weighted by Crippen LogP contribution is -2.10. The molecular formula is C49H31N3O2. The van der Waals surface area contributed by atoms with E-state index in [2.05, 4.69) is 155 Å². The summed E-state index contributed by atoms with van der Waals surface area (Å²) in [6.07, 6.45) is 0. The van der Waals surface area contributed by atoms with Crippen molar-refractivity contribution in [3.63, 3.8) is 0 Å². The molecule has 0 aliphatic rings. The van der Waals surface area contributed by atoms with Crippen LogP contribution in [0.15, 0.2) is 197 Å². The van der Waals surface area contributed by atoms with Gasteiger partial charge in [0.1, 0.15) is 16.7 Å². The van der Waals surface area contributed by atoms with E-state index in [4.69, 9.17) is 13.8 Å². The summed E-state index contributed by atoms with van der Waals surface area (Å²) in [6.45, 7) is 0. The molecule has 0 atom stereocenters. The zero-order valence-electron chi connectivity index (χ0n) is 29.1. The van der Waals surface area contributed by atoms with Crippen molar-refractivity contribution in [3.05, 3.63) is 188 Å². The molecule has 0 radical (unpaired) electrons. The van der Waals surface area contributed by atoms with E-state index in [0.717, 1.165) is 83.5 Å². The quantitative estimate of drug-likeness (QED) is 0.174. The summed E-state index contributed by atoms with van der Waals surface area (Å²) in [5, 5.41) is 4.26. The molecule has 0 saturated heterocycles. The molecule has 0 aliphatic carbocycles. The first-order valence-electron chi connectivity index (χ1n) is 18.1. The molecule has 11 aromatic rings. The predicted molar refractivity (Wildman–Crippen MR) is 221 cm³/mol. The lowest BCUT2D eigenvalue weighted by atomic mass is 10.0. The van der Waals surface area contributed by atoms with Gasteiger partial charge < -0.3 is 18.3 Å². The maximum Gasteiger partial charge on any atom is 0.227 e. The Kier molecular flexibility index (Phi) is 6.79. The van der Waals surface area contributed by atoms with Gasteiger partial charge in [0.15, 0.2) is 5.58 Å². The van der Waals surface area contributed by atoms with Crippen LogP contribution in [0.5, 0.6) is 0 Å². The van der Waals surface area contributed by atoms with E-state index in [1.54, 1.807) is 0 Å². The van der Waals surface area contributed by atoms with Gasteiger partial charge in [0.2, 0.25) is 5.89 Å². The smallest absolute Gasteiger partial charge is 0.227 e. The normalized spacial score (nSPS) is 11.7. The number of aromatic nitrogens is 2. The molecule has 5 heteroatoms. The number of para-hydroxylation sites is 2. The van der Waals surface area contributed by atoms with Gasteiger partial charge in [0, 0.05) is 44.9 Å². The van der Waals surface area contributed by atoms with E-state index in [-0.39, 0.29) is 0 Å². The van der Waals surface area contributed by atoms with Crippen molar-refractivity contribution in [2.75, 3.05) is 4.90 Å². The zero-order chi connectivity index (χ0) is 35.6. The molecule has 5 nitrogen and oxygen atoms in total. The predicted octanol–water partition coefficient (Wildman–Crippen LogP) is 13.6. The third kappa shape index (κ3) is 4.76. The topological polar surface area (TPSA) is 47.3 Å². The summed E-state index contributed by atoms with van der Waals surface area (Å²) in [5.74, 6) is 0.594. The van der Waals surface area contributed by atoms with Gasteiger partial charge in [-0.2, -0.15) is 0 Å². The van der Waals surface area contributed by atoms with Gasteiger partial charge in [-0.1, -0.05) is 103 Å². The van der Waals surface area contributed by atoms with Gasteiger partial charge in [0.05, 0.1) is 22.1 Å². The highest BCUT2D eigenvalue weighted by Crippen LogP contribution is 2.46. The Morgan fingerprint density at radius 3 is 1.96 bits per heavy atom. The molecule has 8 aromatic carbocycles. The molecular weight excluding hydrogens is 663 g/mol. The molecule has 254 valence electrons. The van der Waals surface area contributed by atoms with Crippen molar-refractivity contribution in [1.82, 2.24) is 9.55 Å². The first-order valence-corrected chi connectivity index (χ1v) is 18.1. The fraction of sp³-hybridized carbons (Fsp3) is 0. The Hall–Kier alpha value is -7.37. The molecule has 0 aliphatic heterocycles. The van der Waals surface area contributed by atoms with E-state index in [1.807, 2.05) is 42.5 Å². The Bertz CT molecular complexity index is 3160. The number of furan rings is 1. The van der Waals surface area contributed by atoms with Gasteiger partial charge in [-0.3, -0.25) is 0 Å². The molecule has 0 fully saturated rings. The number of anilines is 3. The summed E-state index contributed by atoms with van der Waals surface area (Å²) < 4.78 is 15.4. The average molecular weight is 694 g/mol. The number of rotatable bonds is 6. The monoisotopic (exact) mass is 693 g/mol. The van der Waals surface area contributed by atoms with Gasteiger partial charge in [-0.25, -0.2) is 4.98 Å². The Labute approximate surface area is 310 Å². The van der Waals surface area contributed by atoms with Crippen molar-refractivity contribution >= 4 is 71.9 Å². The summed E-state index contributed by atoms with van der Waals surface area (Å²) in [4.78, 5) is 7.20. The summed E-state index contributed by atoms with van der Waals surface area (Å²) in [5.41, 5.74) is 12.8. The van der Waals surface area contributed by atoms with E-state index in [0.29, 0.717) is 5.89 Å². The van der Waals surface area contributed by atoms with Crippen LogP contribution in [-0.2, 0) is 0 Å². The van der Waals surface area contributed by atoms with Crippen LogP contribution in [0.25, 0.3) is 83.1 Å². The SMILES string of the molecule is c1ccc(-c2cccc(N(c3ccc4c(c3)oc3ccc5nc(-c6ccccc6)oc5c34)c3cccc4c3c3ccccc3n4-c3ccccc3)c2)cc1. The molecule has 0 amide bonds. The van der Waals surface area contributed by atoms with Crippen molar-refractivity contribution in [1.29, 1.82) is 0 Å². The first-order chi connectivity index (χ1) is 26.8. The highest BCUT2D eigenvalue weighted by atomic mass is 16.4. The average Bonchev–Trinajstić information content (AvgIpc) is 3.94. The van der Waals surface area contributed by atoms with Crippen LogP contribution < -0.4 is 4.90 Å². The summed E-state index contributed by atoms with van der Waals surface area (Å²) in [7, 11) is 0. The van der Waals surface area contributed by atoms with Crippen molar-refractivity contribution in [2.24, 2.45) is 0 Å². The van der Waals surface area contributed by atoms with Crippen LogP contribution in [0.2, 0.25) is 0 Å². The Balaban J connectivity index is 1.16. The number of benzene rings is 8. The van der Waals surface area contributed by atoms with Crippen LogP contribution in [-0.4, -0.2) is 9.55 Å². The standard InChI is InChI=1S/C49H31N3O2/c1-4-14-32(15-5-1)34-18-12-21-36(30-34)51(42-24-13-25-43-46(42)38-22-10-11-23-41(38)52(43)35-19-8-3-9-20-35)37-26-27-39-45(31-37)53-44-29-28-40-48(47(39)44)54-49(50-40)33-16-6-2-7-17-33/h1-31H.